The molecule has 1 fully saturated rings. The first kappa shape index (κ1) is 13.9. The van der Waals surface area contributed by atoms with Crippen molar-refractivity contribution in [2.24, 2.45) is 5.41 Å². The van der Waals surface area contributed by atoms with E-state index in [0.29, 0.717) is 11.3 Å². The van der Waals surface area contributed by atoms with Gasteiger partial charge in [0.2, 0.25) is 0 Å². The van der Waals surface area contributed by atoms with Crippen LogP contribution in [0.2, 0.25) is 5.02 Å². The zero-order valence-electron chi connectivity index (χ0n) is 11.2. The van der Waals surface area contributed by atoms with Gasteiger partial charge in [-0.25, -0.2) is 0 Å². The zero-order valence-corrected chi connectivity index (χ0v) is 12.0. The number of halogens is 1. The maximum Gasteiger partial charge on any atom is 0.0467 e. The lowest BCUT2D eigenvalue weighted by atomic mass is 9.67. The average Bonchev–Trinajstić information content (AvgIpc) is 2.38. The van der Waals surface area contributed by atoms with Crippen LogP contribution in [-0.2, 0) is 4.74 Å². The SMILES string of the molecule is COCCC1(C)CCNCC1c1ccc(Cl)cc1. The van der Waals surface area contributed by atoms with Crippen LogP contribution in [0.1, 0.15) is 31.2 Å². The van der Waals surface area contributed by atoms with Crippen LogP contribution in [0.3, 0.4) is 0 Å². The molecule has 1 aliphatic heterocycles. The minimum Gasteiger partial charge on any atom is -0.385 e. The smallest absolute Gasteiger partial charge is 0.0467 e. The highest BCUT2D eigenvalue weighted by Gasteiger charge is 2.36. The lowest BCUT2D eigenvalue weighted by Gasteiger charge is -2.42. The molecule has 0 spiro atoms. The maximum atomic E-state index is 5.97. The highest BCUT2D eigenvalue weighted by atomic mass is 35.5. The summed E-state index contributed by atoms with van der Waals surface area (Å²) >= 11 is 5.97. The van der Waals surface area contributed by atoms with E-state index in [4.69, 9.17) is 16.3 Å². The van der Waals surface area contributed by atoms with Crippen LogP contribution in [0.5, 0.6) is 0 Å². The summed E-state index contributed by atoms with van der Waals surface area (Å²) in [6.45, 7) is 5.36. The zero-order chi connectivity index (χ0) is 13.0. The second-order valence-electron chi connectivity index (χ2n) is 5.46. The Hall–Kier alpha value is -0.570. The van der Waals surface area contributed by atoms with Crippen molar-refractivity contribution in [2.45, 2.75) is 25.7 Å². The predicted octanol–water partition coefficient (Wildman–Crippen LogP) is 3.46. The van der Waals surface area contributed by atoms with Gasteiger partial charge in [-0.3, -0.25) is 0 Å². The van der Waals surface area contributed by atoms with Crippen LogP contribution in [0.15, 0.2) is 24.3 Å². The first-order valence-corrected chi connectivity index (χ1v) is 6.99. The van der Waals surface area contributed by atoms with Gasteiger partial charge in [0, 0.05) is 31.2 Å². The van der Waals surface area contributed by atoms with Gasteiger partial charge in [-0.1, -0.05) is 30.7 Å². The van der Waals surface area contributed by atoms with Crippen LogP contribution < -0.4 is 5.32 Å². The van der Waals surface area contributed by atoms with Gasteiger partial charge >= 0.3 is 0 Å². The van der Waals surface area contributed by atoms with Crippen molar-refractivity contribution in [3.8, 4) is 0 Å². The van der Waals surface area contributed by atoms with E-state index in [1.807, 2.05) is 12.1 Å². The molecule has 2 atom stereocenters. The minimum atomic E-state index is 0.315. The van der Waals surface area contributed by atoms with E-state index in [1.165, 1.54) is 12.0 Å². The number of hydrogen-bond acceptors (Lipinski definition) is 2. The summed E-state index contributed by atoms with van der Waals surface area (Å²) in [5, 5.41) is 4.31. The standard InChI is InChI=1S/C15H22ClNO/c1-15(8-10-18-2)7-9-17-11-14(15)12-3-5-13(16)6-4-12/h3-6,14,17H,7-11H2,1-2H3. The van der Waals surface area contributed by atoms with Crippen LogP contribution in [0.4, 0.5) is 0 Å². The van der Waals surface area contributed by atoms with Gasteiger partial charge in [0.1, 0.15) is 0 Å². The minimum absolute atomic E-state index is 0.315. The molecule has 1 saturated heterocycles. The van der Waals surface area contributed by atoms with E-state index < -0.39 is 0 Å². The fourth-order valence-electron chi connectivity index (χ4n) is 2.89. The molecule has 0 bridgehead atoms. The van der Waals surface area contributed by atoms with Gasteiger partial charge in [0.25, 0.3) is 0 Å². The third-order valence-electron chi connectivity index (χ3n) is 4.21. The summed E-state index contributed by atoms with van der Waals surface area (Å²) in [5.74, 6) is 0.540. The molecule has 2 unspecified atom stereocenters. The Morgan fingerprint density at radius 1 is 1.39 bits per heavy atom. The molecule has 18 heavy (non-hydrogen) atoms. The Kier molecular flexibility index (Phi) is 4.66. The molecule has 3 heteroatoms. The summed E-state index contributed by atoms with van der Waals surface area (Å²) in [5.41, 5.74) is 1.69. The monoisotopic (exact) mass is 267 g/mol. The fourth-order valence-corrected chi connectivity index (χ4v) is 3.02. The number of piperidine rings is 1. The number of ether oxygens (including phenoxy) is 1. The first-order chi connectivity index (χ1) is 8.65. The number of methoxy groups -OCH3 is 1. The largest absolute Gasteiger partial charge is 0.385 e. The number of nitrogens with one attached hydrogen (secondary N) is 1. The highest BCUT2D eigenvalue weighted by Crippen LogP contribution is 2.43. The van der Waals surface area contributed by atoms with Gasteiger partial charge in [-0.15, -0.1) is 0 Å². The van der Waals surface area contributed by atoms with Gasteiger partial charge in [0.05, 0.1) is 0 Å². The number of rotatable bonds is 4. The van der Waals surface area contributed by atoms with Gasteiger partial charge in [-0.05, 0) is 42.5 Å². The van der Waals surface area contributed by atoms with Crippen LogP contribution in [0.25, 0.3) is 0 Å². The Morgan fingerprint density at radius 2 is 2.11 bits per heavy atom. The van der Waals surface area contributed by atoms with Crippen molar-refractivity contribution in [3.05, 3.63) is 34.9 Å². The normalized spacial score (nSPS) is 28.3. The predicted molar refractivity (Wildman–Crippen MR) is 76.3 cm³/mol. The van der Waals surface area contributed by atoms with E-state index >= 15 is 0 Å². The van der Waals surface area contributed by atoms with Crippen molar-refractivity contribution in [1.29, 1.82) is 0 Å². The topological polar surface area (TPSA) is 21.3 Å². The molecule has 1 aromatic carbocycles. The second-order valence-corrected chi connectivity index (χ2v) is 5.89. The molecule has 1 N–H and O–H groups in total. The average molecular weight is 268 g/mol. The van der Waals surface area contributed by atoms with Gasteiger partial charge in [-0.2, -0.15) is 0 Å². The molecule has 0 aromatic heterocycles. The Labute approximate surface area is 115 Å². The summed E-state index contributed by atoms with van der Waals surface area (Å²) in [6.07, 6.45) is 2.31. The Bertz CT molecular complexity index is 379. The Balaban J connectivity index is 2.19. The molecule has 0 saturated carbocycles. The van der Waals surface area contributed by atoms with Crippen LogP contribution >= 0.6 is 11.6 Å². The maximum absolute atomic E-state index is 5.97. The molecule has 0 amide bonds. The molecule has 0 radical (unpaired) electrons. The molecule has 1 heterocycles. The van der Waals surface area contributed by atoms with E-state index in [1.54, 1.807) is 7.11 Å². The third-order valence-corrected chi connectivity index (χ3v) is 4.46. The van der Waals surface area contributed by atoms with Crippen molar-refractivity contribution >= 4 is 11.6 Å². The molecular weight excluding hydrogens is 246 g/mol. The summed E-state index contributed by atoms with van der Waals surface area (Å²) in [4.78, 5) is 0. The number of benzene rings is 1. The number of hydrogen-bond donors (Lipinski definition) is 1. The van der Waals surface area contributed by atoms with E-state index in [2.05, 4.69) is 24.4 Å². The molecule has 0 aliphatic carbocycles. The first-order valence-electron chi connectivity index (χ1n) is 6.61. The highest BCUT2D eigenvalue weighted by molar-refractivity contribution is 6.30. The van der Waals surface area contributed by atoms with Crippen LogP contribution in [0, 0.1) is 5.41 Å². The summed E-state index contributed by atoms with van der Waals surface area (Å²) in [6, 6.07) is 8.29. The van der Waals surface area contributed by atoms with E-state index in [-0.39, 0.29) is 0 Å². The molecule has 2 nitrogen and oxygen atoms in total. The summed E-state index contributed by atoms with van der Waals surface area (Å²) < 4.78 is 5.27. The lowest BCUT2D eigenvalue weighted by Crippen LogP contribution is -2.42. The summed E-state index contributed by atoms with van der Waals surface area (Å²) in [7, 11) is 1.78. The molecular formula is C15H22ClNO. The van der Waals surface area contributed by atoms with Crippen molar-refractivity contribution in [2.75, 3.05) is 26.8 Å². The third kappa shape index (κ3) is 3.05. The Morgan fingerprint density at radius 3 is 2.78 bits per heavy atom. The molecule has 1 aromatic rings. The quantitative estimate of drug-likeness (QED) is 0.902. The fraction of sp³-hybridized carbons (Fsp3) is 0.600. The molecule has 2 rings (SSSR count). The lowest BCUT2D eigenvalue weighted by molar-refractivity contribution is 0.104. The molecule has 100 valence electrons. The van der Waals surface area contributed by atoms with Gasteiger partial charge in [0.15, 0.2) is 0 Å². The van der Waals surface area contributed by atoms with Gasteiger partial charge < -0.3 is 10.1 Å². The van der Waals surface area contributed by atoms with Crippen molar-refractivity contribution in [3.63, 3.8) is 0 Å². The molecule has 1 aliphatic rings. The van der Waals surface area contributed by atoms with Crippen molar-refractivity contribution < 1.29 is 4.74 Å². The second kappa shape index (κ2) is 6.05. The van der Waals surface area contributed by atoms with E-state index in [9.17, 15) is 0 Å². The van der Waals surface area contributed by atoms with E-state index in [0.717, 1.165) is 31.1 Å². The van der Waals surface area contributed by atoms with Crippen LogP contribution in [-0.4, -0.2) is 26.8 Å². The van der Waals surface area contributed by atoms with Crippen molar-refractivity contribution in [1.82, 2.24) is 5.32 Å².